The summed E-state index contributed by atoms with van der Waals surface area (Å²) in [6.45, 7) is 4.93. The molecule has 53 heavy (non-hydrogen) atoms. The van der Waals surface area contributed by atoms with E-state index < -0.39 is 8.07 Å². The van der Waals surface area contributed by atoms with Crippen LogP contribution in [0, 0.1) is 0 Å². The van der Waals surface area contributed by atoms with Crippen LogP contribution in [0.5, 0.6) is 0 Å². The Morgan fingerprint density at radius 3 is 1.55 bits per heavy atom. The topological polar surface area (TPSA) is 38.7 Å². The van der Waals surface area contributed by atoms with Gasteiger partial charge in [-0.1, -0.05) is 183 Å². The first-order valence-corrected chi connectivity index (χ1v) is 21.2. The summed E-state index contributed by atoms with van der Waals surface area (Å²) in [6, 6.07) is 62.9. The first-order valence-electron chi connectivity index (χ1n) is 18.2. The maximum Gasteiger partial charge on any atom is 0.164 e. The van der Waals surface area contributed by atoms with E-state index in [2.05, 4.69) is 183 Å². The third kappa shape index (κ3) is 5.30. The van der Waals surface area contributed by atoms with Crippen LogP contribution in [0.1, 0.15) is 0 Å². The molecule has 10 rings (SSSR count). The lowest BCUT2D eigenvalue weighted by Gasteiger charge is -2.22. The highest BCUT2D eigenvalue weighted by atomic mass is 28.3. The fourth-order valence-corrected chi connectivity index (χ4v) is 11.6. The lowest BCUT2D eigenvalue weighted by Crippen LogP contribution is -2.50. The molecule has 2 heterocycles. The SMILES string of the molecule is C[Si]1(C)c2cc3ccccc3cc2-c2cccc(-c3nc(-c4ccc(-c5ccccc5)cc4)nc(-c4ccc(-c5cccc6ccccc56)cc4)n3)c21. The standard InChI is InChI=1S/C49H35N3Si/c1-53(2)45-31-39-16-7-6-15-38(39)30-44(45)42-20-11-21-43(46(42)53)49-51-47(36-26-22-33(23-27-36)32-12-4-3-5-13-32)50-48(52-49)37-28-24-35(25-29-37)41-19-10-17-34-14-8-9-18-40(34)41/h3-31H,1-2H3. The second kappa shape index (κ2) is 12.3. The summed E-state index contributed by atoms with van der Waals surface area (Å²) in [7, 11) is -2.13. The van der Waals surface area contributed by atoms with Crippen LogP contribution in [0.15, 0.2) is 176 Å². The van der Waals surface area contributed by atoms with Crippen molar-refractivity contribution in [3.8, 4) is 67.5 Å². The molecule has 1 aliphatic rings. The van der Waals surface area contributed by atoms with E-state index >= 15 is 0 Å². The summed E-state index contributed by atoms with van der Waals surface area (Å²) in [5.41, 5.74) is 10.4. The molecule has 0 unspecified atom stereocenters. The van der Waals surface area contributed by atoms with Gasteiger partial charge in [0, 0.05) is 16.7 Å². The van der Waals surface area contributed by atoms with Gasteiger partial charge in [-0.05, 0) is 71.4 Å². The highest BCUT2D eigenvalue weighted by Crippen LogP contribution is 2.36. The molecular weight excluding hydrogens is 659 g/mol. The average molecular weight is 694 g/mol. The van der Waals surface area contributed by atoms with Gasteiger partial charge in [-0.15, -0.1) is 0 Å². The molecule has 0 spiro atoms. The minimum atomic E-state index is -2.13. The van der Waals surface area contributed by atoms with Crippen LogP contribution >= 0.6 is 0 Å². The zero-order valence-corrected chi connectivity index (χ0v) is 30.6. The van der Waals surface area contributed by atoms with Gasteiger partial charge in [0.15, 0.2) is 17.5 Å². The summed E-state index contributed by atoms with van der Waals surface area (Å²) in [4.78, 5) is 15.7. The van der Waals surface area contributed by atoms with E-state index in [0.717, 1.165) is 27.8 Å². The summed E-state index contributed by atoms with van der Waals surface area (Å²) in [5.74, 6) is 2.05. The zero-order valence-electron chi connectivity index (χ0n) is 29.6. The summed E-state index contributed by atoms with van der Waals surface area (Å²) in [5, 5.41) is 7.89. The monoisotopic (exact) mass is 693 g/mol. The van der Waals surface area contributed by atoms with E-state index in [4.69, 9.17) is 15.0 Å². The van der Waals surface area contributed by atoms with Crippen molar-refractivity contribution in [3.05, 3.63) is 176 Å². The zero-order chi connectivity index (χ0) is 35.5. The smallest absolute Gasteiger partial charge is 0.164 e. The molecule has 9 aromatic rings. The number of rotatable bonds is 5. The van der Waals surface area contributed by atoms with Gasteiger partial charge in [-0.25, -0.2) is 15.0 Å². The Morgan fingerprint density at radius 1 is 0.340 bits per heavy atom. The molecule has 0 aliphatic carbocycles. The Hall–Kier alpha value is -6.49. The van der Waals surface area contributed by atoms with Gasteiger partial charge in [-0.3, -0.25) is 0 Å². The van der Waals surface area contributed by atoms with Crippen molar-refractivity contribution < 1.29 is 0 Å². The lowest BCUT2D eigenvalue weighted by molar-refractivity contribution is 1.08. The third-order valence-electron chi connectivity index (χ3n) is 10.9. The normalized spacial score (nSPS) is 12.9. The average Bonchev–Trinajstić information content (AvgIpc) is 3.45. The van der Waals surface area contributed by atoms with Crippen molar-refractivity contribution in [1.29, 1.82) is 0 Å². The van der Waals surface area contributed by atoms with Gasteiger partial charge in [0.25, 0.3) is 0 Å². The Bertz CT molecular complexity index is 2840. The molecule has 0 saturated heterocycles. The Kier molecular flexibility index (Phi) is 7.27. The molecule has 3 nitrogen and oxygen atoms in total. The second-order valence-corrected chi connectivity index (χ2v) is 18.7. The second-order valence-electron chi connectivity index (χ2n) is 14.5. The Morgan fingerprint density at radius 2 is 0.830 bits per heavy atom. The van der Waals surface area contributed by atoms with Crippen molar-refractivity contribution in [2.24, 2.45) is 0 Å². The van der Waals surface area contributed by atoms with Crippen molar-refractivity contribution in [2.75, 3.05) is 0 Å². The molecule has 1 aliphatic heterocycles. The van der Waals surface area contributed by atoms with E-state index in [1.54, 1.807) is 0 Å². The highest BCUT2D eigenvalue weighted by molar-refractivity contribution is 7.04. The van der Waals surface area contributed by atoms with Crippen LogP contribution < -0.4 is 10.4 Å². The van der Waals surface area contributed by atoms with Gasteiger partial charge in [-0.2, -0.15) is 0 Å². The molecule has 250 valence electrons. The van der Waals surface area contributed by atoms with Crippen LogP contribution in [0.25, 0.3) is 89.1 Å². The predicted molar refractivity (Wildman–Crippen MR) is 224 cm³/mol. The van der Waals surface area contributed by atoms with E-state index in [1.165, 1.54) is 54.2 Å². The fraction of sp³-hybridized carbons (Fsp3) is 0.0408. The number of nitrogens with zero attached hydrogens (tertiary/aromatic N) is 3. The molecule has 4 heteroatoms. The molecule has 0 bridgehead atoms. The predicted octanol–water partition coefficient (Wildman–Crippen LogP) is 11.3. The maximum absolute atomic E-state index is 5.28. The van der Waals surface area contributed by atoms with E-state index in [1.807, 2.05) is 6.07 Å². The van der Waals surface area contributed by atoms with Gasteiger partial charge >= 0.3 is 0 Å². The fourth-order valence-electron chi connectivity index (χ4n) is 8.22. The molecule has 0 saturated carbocycles. The summed E-state index contributed by atoms with van der Waals surface area (Å²) < 4.78 is 0. The van der Waals surface area contributed by atoms with E-state index in [9.17, 15) is 0 Å². The maximum atomic E-state index is 5.28. The molecule has 0 amide bonds. The van der Waals surface area contributed by atoms with Crippen molar-refractivity contribution in [2.45, 2.75) is 13.1 Å². The van der Waals surface area contributed by atoms with Gasteiger partial charge < -0.3 is 0 Å². The van der Waals surface area contributed by atoms with E-state index in [0.29, 0.717) is 17.5 Å². The van der Waals surface area contributed by atoms with Crippen molar-refractivity contribution >= 4 is 40.0 Å². The first kappa shape index (κ1) is 31.3. The van der Waals surface area contributed by atoms with Gasteiger partial charge in [0.05, 0.1) is 0 Å². The van der Waals surface area contributed by atoms with Crippen molar-refractivity contribution in [1.82, 2.24) is 15.0 Å². The lowest BCUT2D eigenvalue weighted by atomic mass is 9.97. The molecule has 0 radical (unpaired) electrons. The van der Waals surface area contributed by atoms with Crippen LogP contribution in [0.3, 0.4) is 0 Å². The van der Waals surface area contributed by atoms with Crippen LogP contribution in [-0.4, -0.2) is 23.0 Å². The number of benzene rings is 8. The first-order chi connectivity index (χ1) is 26.0. The largest absolute Gasteiger partial charge is 0.208 e. The summed E-state index contributed by atoms with van der Waals surface area (Å²) >= 11 is 0. The minimum absolute atomic E-state index is 0.667. The Labute approximate surface area is 310 Å². The number of aromatic nitrogens is 3. The number of hydrogen-bond acceptors (Lipinski definition) is 3. The minimum Gasteiger partial charge on any atom is -0.208 e. The van der Waals surface area contributed by atoms with Gasteiger partial charge in [0.2, 0.25) is 0 Å². The van der Waals surface area contributed by atoms with E-state index in [-0.39, 0.29) is 0 Å². The van der Waals surface area contributed by atoms with Crippen LogP contribution in [-0.2, 0) is 0 Å². The van der Waals surface area contributed by atoms with Crippen LogP contribution in [0.4, 0.5) is 0 Å². The quantitative estimate of drug-likeness (QED) is 0.168. The molecular formula is C49H35N3Si. The third-order valence-corrected chi connectivity index (χ3v) is 14.5. The summed E-state index contributed by atoms with van der Waals surface area (Å²) in [6.07, 6.45) is 0. The molecule has 1 aromatic heterocycles. The van der Waals surface area contributed by atoms with Crippen molar-refractivity contribution in [3.63, 3.8) is 0 Å². The highest BCUT2D eigenvalue weighted by Gasteiger charge is 2.40. The number of fused-ring (bicyclic) bond motifs is 5. The van der Waals surface area contributed by atoms with Crippen LogP contribution in [0.2, 0.25) is 13.1 Å². The molecule has 0 atom stereocenters. The number of hydrogen-bond donors (Lipinski definition) is 0. The van der Waals surface area contributed by atoms with Gasteiger partial charge in [0.1, 0.15) is 8.07 Å². The molecule has 0 fully saturated rings. The molecule has 8 aromatic carbocycles. The molecule has 0 N–H and O–H groups in total. The Balaban J connectivity index is 1.13.